The van der Waals surface area contributed by atoms with Gasteiger partial charge in [-0.3, -0.25) is 4.79 Å². The smallest absolute Gasteiger partial charge is 0.233 e. The third-order valence-electron chi connectivity index (χ3n) is 1.66. The lowest BCUT2D eigenvalue weighted by molar-refractivity contribution is -0.112. The normalized spacial score (nSPS) is 21.2. The van der Waals surface area contributed by atoms with Crippen LogP contribution in [-0.2, 0) is 15.1 Å². The Bertz CT molecular complexity index is 420. The first kappa shape index (κ1) is 10.2. The minimum absolute atomic E-state index is 0.0278. The molecule has 70 valence electrons. The molecule has 0 fully saturated rings. The second-order valence-electron chi connectivity index (χ2n) is 2.67. The van der Waals surface area contributed by atoms with E-state index in [-0.39, 0.29) is 4.86 Å². The molecule has 0 spiro atoms. The van der Waals surface area contributed by atoms with Gasteiger partial charge >= 0.3 is 0 Å². The molecule has 0 aromatic rings. The molecular formula is C8H7ClO3S. The lowest BCUT2D eigenvalue weighted by Gasteiger charge is -2.09. The summed E-state index contributed by atoms with van der Waals surface area (Å²) in [7, 11) is -2.39. The van der Waals surface area contributed by atoms with Crippen molar-refractivity contribution in [2.45, 2.75) is 6.92 Å². The van der Waals surface area contributed by atoms with Crippen LogP contribution >= 0.6 is 11.6 Å². The Morgan fingerprint density at radius 1 is 1.54 bits per heavy atom. The Morgan fingerprint density at radius 3 is 2.62 bits per heavy atom. The zero-order chi connectivity index (χ0) is 10.0. The molecule has 0 bridgehead atoms. The molecule has 0 amide bonds. The highest BCUT2D eigenvalue weighted by Gasteiger charge is 2.21. The average molecular weight is 219 g/mol. The minimum Gasteiger partial charge on any atom is -0.280 e. The van der Waals surface area contributed by atoms with E-state index < -0.39 is 21.5 Å². The lowest BCUT2D eigenvalue weighted by atomic mass is 9.98. The molecular weight excluding hydrogens is 212 g/mol. The minimum atomic E-state index is -2.39. The highest BCUT2D eigenvalue weighted by molar-refractivity contribution is 7.73. The van der Waals surface area contributed by atoms with Crippen molar-refractivity contribution in [1.29, 1.82) is 0 Å². The number of allylic oxidation sites excluding steroid dienone is 4. The molecule has 13 heavy (non-hydrogen) atoms. The maximum absolute atomic E-state index is 10.8. The molecule has 1 rings (SSSR count). The van der Waals surface area contributed by atoms with Crippen LogP contribution in [-0.4, -0.2) is 18.5 Å². The van der Waals surface area contributed by atoms with Crippen LogP contribution in [0.4, 0.5) is 0 Å². The van der Waals surface area contributed by atoms with E-state index in [0.29, 0.717) is 0 Å². The van der Waals surface area contributed by atoms with Gasteiger partial charge in [-0.1, -0.05) is 17.7 Å². The summed E-state index contributed by atoms with van der Waals surface area (Å²) in [5.74, 6) is -0.830. The number of rotatable bonds is 1. The van der Waals surface area contributed by atoms with Gasteiger partial charge in [0, 0.05) is 0 Å². The monoisotopic (exact) mass is 218 g/mol. The summed E-state index contributed by atoms with van der Waals surface area (Å²) in [6.07, 6.45) is 4.59. The van der Waals surface area contributed by atoms with Crippen LogP contribution in [0.3, 0.4) is 0 Å². The highest BCUT2D eigenvalue weighted by Crippen LogP contribution is 2.15. The largest absolute Gasteiger partial charge is 0.280 e. The molecule has 0 radical (unpaired) electrons. The van der Waals surface area contributed by atoms with E-state index in [9.17, 15) is 13.2 Å². The molecule has 3 nitrogen and oxygen atoms in total. The summed E-state index contributed by atoms with van der Waals surface area (Å²) in [5.41, 5.74) is 0.786. The molecule has 0 saturated heterocycles. The van der Waals surface area contributed by atoms with Crippen LogP contribution < -0.4 is 0 Å². The van der Waals surface area contributed by atoms with Crippen LogP contribution in [0.25, 0.3) is 0 Å². The summed E-state index contributed by atoms with van der Waals surface area (Å²) < 4.78 is 21.4. The molecule has 1 unspecified atom stereocenters. The molecule has 1 atom stereocenters. The van der Waals surface area contributed by atoms with Crippen LogP contribution in [0.1, 0.15) is 6.92 Å². The van der Waals surface area contributed by atoms with Crippen LogP contribution in [0.5, 0.6) is 0 Å². The molecule has 1 aliphatic carbocycles. The van der Waals surface area contributed by atoms with Crippen molar-refractivity contribution in [3.8, 4) is 0 Å². The van der Waals surface area contributed by atoms with Crippen molar-refractivity contribution in [3.05, 3.63) is 23.8 Å². The zero-order valence-electron chi connectivity index (χ0n) is 6.82. The number of hydrogen-bond donors (Lipinski definition) is 0. The highest BCUT2D eigenvalue weighted by atomic mass is 35.5. The number of hydrogen-bond acceptors (Lipinski definition) is 3. The molecule has 1 aliphatic rings. The van der Waals surface area contributed by atoms with E-state index in [2.05, 4.69) is 0 Å². The summed E-state index contributed by atoms with van der Waals surface area (Å²) in [4.78, 5) is 10.8. The predicted octanol–water partition coefficient (Wildman–Crippen LogP) is 0.936. The van der Waals surface area contributed by atoms with Gasteiger partial charge in [-0.05, 0) is 24.6 Å². The maximum Gasteiger partial charge on any atom is 0.233 e. The van der Waals surface area contributed by atoms with Gasteiger partial charge in [-0.2, -0.15) is 8.42 Å². The fourth-order valence-electron chi connectivity index (χ4n) is 1.04. The molecule has 0 saturated carbocycles. The van der Waals surface area contributed by atoms with Crippen LogP contribution in [0.15, 0.2) is 23.8 Å². The van der Waals surface area contributed by atoms with Crippen molar-refractivity contribution in [2.75, 3.05) is 0 Å². The van der Waals surface area contributed by atoms with Gasteiger partial charge in [0.15, 0.2) is 0 Å². The molecule has 0 aromatic heterocycles. The maximum atomic E-state index is 10.8. The lowest BCUT2D eigenvalue weighted by Crippen LogP contribution is -2.19. The average Bonchev–Trinajstić information content (AvgIpc) is 2.03. The van der Waals surface area contributed by atoms with Crippen molar-refractivity contribution >= 4 is 32.0 Å². The van der Waals surface area contributed by atoms with Crippen molar-refractivity contribution in [3.63, 3.8) is 0 Å². The van der Waals surface area contributed by atoms with Crippen molar-refractivity contribution < 1.29 is 13.2 Å². The first-order valence-electron chi connectivity index (χ1n) is 3.54. The first-order chi connectivity index (χ1) is 6.02. The second kappa shape index (κ2) is 3.89. The quantitative estimate of drug-likeness (QED) is 0.486. The molecule has 0 heterocycles. The van der Waals surface area contributed by atoms with Gasteiger partial charge in [0.1, 0.15) is 0 Å². The predicted molar refractivity (Wildman–Crippen MR) is 51.2 cm³/mol. The third-order valence-corrected chi connectivity index (χ3v) is 2.66. The summed E-state index contributed by atoms with van der Waals surface area (Å²) >= 11 is 5.23. The Hall–Kier alpha value is -0.870. The molecule has 5 heteroatoms. The molecule has 0 N–H and O–H groups in total. The van der Waals surface area contributed by atoms with E-state index in [1.165, 1.54) is 12.2 Å². The van der Waals surface area contributed by atoms with Gasteiger partial charge in [0.05, 0.1) is 10.8 Å². The van der Waals surface area contributed by atoms with E-state index in [4.69, 9.17) is 11.6 Å². The van der Waals surface area contributed by atoms with E-state index in [0.717, 1.165) is 5.57 Å². The van der Waals surface area contributed by atoms with Gasteiger partial charge in [0.2, 0.25) is 15.5 Å². The zero-order valence-corrected chi connectivity index (χ0v) is 8.39. The van der Waals surface area contributed by atoms with Crippen molar-refractivity contribution in [1.82, 2.24) is 0 Å². The molecule has 0 aromatic carbocycles. The van der Waals surface area contributed by atoms with Gasteiger partial charge < -0.3 is 0 Å². The Morgan fingerprint density at radius 2 is 2.15 bits per heavy atom. The fourth-order valence-corrected chi connectivity index (χ4v) is 1.97. The van der Waals surface area contributed by atoms with E-state index >= 15 is 0 Å². The van der Waals surface area contributed by atoms with Crippen LogP contribution in [0, 0.1) is 5.92 Å². The van der Waals surface area contributed by atoms with E-state index in [1.807, 2.05) is 0 Å². The fraction of sp³-hybridized carbons (Fsp3) is 0.250. The number of halogens is 1. The second-order valence-corrected chi connectivity index (χ2v) is 3.98. The molecule has 0 aliphatic heterocycles. The Kier molecular flexibility index (Phi) is 3.06. The first-order valence-corrected chi connectivity index (χ1v) is 4.99. The topological polar surface area (TPSA) is 51.2 Å². The summed E-state index contributed by atoms with van der Waals surface area (Å²) in [6.45, 7) is 1.75. The van der Waals surface area contributed by atoms with Crippen molar-refractivity contribution in [2.24, 2.45) is 5.92 Å². The van der Waals surface area contributed by atoms with Crippen LogP contribution in [0.2, 0.25) is 0 Å². The summed E-state index contributed by atoms with van der Waals surface area (Å²) in [5, 5.41) is -0.681. The SMILES string of the molecule is CC1=CC(=S(=O)=O)C(C(=O)Cl)C=C1. The van der Waals surface area contributed by atoms with Gasteiger partial charge in [-0.15, -0.1) is 0 Å². The van der Waals surface area contributed by atoms with Gasteiger partial charge in [0.25, 0.3) is 0 Å². The summed E-state index contributed by atoms with van der Waals surface area (Å²) in [6, 6.07) is 0. The van der Waals surface area contributed by atoms with E-state index in [1.54, 1.807) is 13.0 Å². The Labute approximate surface area is 82.2 Å². The number of carbonyl (C=O) groups excluding carboxylic acids is 1. The third kappa shape index (κ3) is 2.29. The Balaban J connectivity index is 3.26. The van der Waals surface area contributed by atoms with Gasteiger partial charge in [-0.25, -0.2) is 0 Å². The number of carbonyl (C=O) groups is 1. The standard InChI is InChI=1S/C8H7ClO3S/c1-5-2-3-6(8(9)10)7(4-5)13(11)12/h2-4,6H,1H3.